The first-order chi connectivity index (χ1) is 8.42. The maximum atomic E-state index is 11.2. The lowest BCUT2D eigenvalue weighted by atomic mass is 10.3. The highest BCUT2D eigenvalue weighted by Crippen LogP contribution is 2.26. The number of carbonyl (C=O) groups is 1. The number of benzene rings is 1. The third-order valence-corrected chi connectivity index (χ3v) is 2.36. The van der Waals surface area contributed by atoms with E-state index in [0.717, 1.165) is 6.42 Å². The first kappa shape index (κ1) is 14.6. The molecular weight excluding hydrogens is 282 g/mol. The molecule has 1 N–H and O–H groups in total. The van der Waals surface area contributed by atoms with Gasteiger partial charge in [-0.15, -0.1) is 0 Å². The molecule has 0 fully saturated rings. The Kier molecular flexibility index (Phi) is 5.24. The summed E-state index contributed by atoms with van der Waals surface area (Å²) in [6.07, 6.45) is -0.408. The molecule has 0 atom stereocenters. The summed E-state index contributed by atoms with van der Waals surface area (Å²) in [5.41, 5.74) is 0. The molecular formula is C10H12ClNO5S. The summed E-state index contributed by atoms with van der Waals surface area (Å²) >= 11 is 0. The van der Waals surface area contributed by atoms with Crippen molar-refractivity contribution in [2.75, 3.05) is 6.61 Å². The van der Waals surface area contributed by atoms with Crippen molar-refractivity contribution in [3.8, 4) is 11.5 Å². The third kappa shape index (κ3) is 5.24. The highest BCUT2D eigenvalue weighted by Gasteiger charge is 2.14. The van der Waals surface area contributed by atoms with Crippen molar-refractivity contribution in [2.24, 2.45) is 0 Å². The molecule has 1 aromatic rings. The molecule has 100 valence electrons. The fourth-order valence-electron chi connectivity index (χ4n) is 1.09. The van der Waals surface area contributed by atoms with Gasteiger partial charge in [0.2, 0.25) is 0 Å². The van der Waals surface area contributed by atoms with Gasteiger partial charge < -0.3 is 9.47 Å². The second-order valence-corrected chi connectivity index (χ2v) is 5.52. The molecule has 0 aromatic heterocycles. The normalized spacial score (nSPS) is 10.8. The van der Waals surface area contributed by atoms with Gasteiger partial charge in [0.05, 0.1) is 6.61 Å². The van der Waals surface area contributed by atoms with Gasteiger partial charge in [-0.05, 0) is 18.6 Å². The van der Waals surface area contributed by atoms with Gasteiger partial charge in [0, 0.05) is 10.7 Å². The van der Waals surface area contributed by atoms with Crippen LogP contribution >= 0.6 is 10.7 Å². The molecule has 0 unspecified atom stereocenters. The van der Waals surface area contributed by atoms with Crippen LogP contribution in [0.15, 0.2) is 24.3 Å². The largest absolute Gasteiger partial charge is 0.490 e. The van der Waals surface area contributed by atoms with Gasteiger partial charge in [-0.3, -0.25) is 0 Å². The molecule has 0 heterocycles. The fraction of sp³-hybridized carbons (Fsp3) is 0.300. The Bertz CT molecular complexity index is 517. The Morgan fingerprint density at radius 1 is 1.33 bits per heavy atom. The van der Waals surface area contributed by atoms with Crippen molar-refractivity contribution >= 4 is 26.0 Å². The van der Waals surface area contributed by atoms with Crippen molar-refractivity contribution in [3.63, 3.8) is 0 Å². The number of para-hydroxylation sites is 2. The highest BCUT2D eigenvalue weighted by molar-refractivity contribution is 8.12. The number of hydrogen-bond acceptors (Lipinski definition) is 5. The van der Waals surface area contributed by atoms with Crippen LogP contribution in [0.1, 0.15) is 13.3 Å². The lowest BCUT2D eigenvalue weighted by Gasteiger charge is -2.10. The van der Waals surface area contributed by atoms with E-state index in [4.69, 9.17) is 20.2 Å². The Labute approximate surface area is 109 Å². The monoisotopic (exact) mass is 293 g/mol. The highest BCUT2D eigenvalue weighted by atomic mass is 35.7. The fourth-order valence-corrected chi connectivity index (χ4v) is 1.52. The minimum Gasteiger partial charge on any atom is -0.490 e. The SMILES string of the molecule is CCCOc1ccccc1OC(=O)NS(=O)(=O)Cl. The molecule has 0 aliphatic rings. The van der Waals surface area contributed by atoms with Crippen LogP contribution in [0, 0.1) is 0 Å². The van der Waals surface area contributed by atoms with Crippen molar-refractivity contribution in [3.05, 3.63) is 24.3 Å². The molecule has 1 rings (SSSR count). The predicted molar refractivity (Wildman–Crippen MR) is 66.2 cm³/mol. The van der Waals surface area contributed by atoms with Crippen molar-refractivity contribution in [2.45, 2.75) is 13.3 Å². The third-order valence-electron chi connectivity index (χ3n) is 1.72. The molecule has 0 saturated heterocycles. The van der Waals surface area contributed by atoms with Crippen LogP contribution in [-0.4, -0.2) is 21.1 Å². The van der Waals surface area contributed by atoms with Crippen molar-refractivity contribution in [1.82, 2.24) is 4.72 Å². The predicted octanol–water partition coefficient (Wildman–Crippen LogP) is 2.05. The average molecular weight is 294 g/mol. The van der Waals surface area contributed by atoms with Crippen LogP contribution in [0.5, 0.6) is 11.5 Å². The van der Waals surface area contributed by atoms with E-state index in [9.17, 15) is 13.2 Å². The molecule has 18 heavy (non-hydrogen) atoms. The van der Waals surface area contributed by atoms with Gasteiger partial charge >= 0.3 is 15.3 Å². The molecule has 0 saturated carbocycles. The van der Waals surface area contributed by atoms with E-state index in [2.05, 4.69) is 0 Å². The van der Waals surface area contributed by atoms with E-state index in [0.29, 0.717) is 12.4 Å². The molecule has 0 spiro atoms. The number of halogens is 1. The van der Waals surface area contributed by atoms with Crippen molar-refractivity contribution in [1.29, 1.82) is 0 Å². The van der Waals surface area contributed by atoms with E-state index in [-0.39, 0.29) is 5.75 Å². The zero-order valence-corrected chi connectivity index (χ0v) is 11.1. The molecule has 1 amide bonds. The lowest BCUT2D eigenvalue weighted by Crippen LogP contribution is -2.29. The number of amides is 1. The van der Waals surface area contributed by atoms with E-state index in [1.54, 1.807) is 18.2 Å². The van der Waals surface area contributed by atoms with Gasteiger partial charge in [0.25, 0.3) is 0 Å². The Hall–Kier alpha value is -1.47. The summed E-state index contributed by atoms with van der Waals surface area (Å²) in [6.45, 7) is 2.38. The number of nitrogens with one attached hydrogen (secondary N) is 1. The Balaban J connectivity index is 2.74. The molecule has 0 radical (unpaired) electrons. The molecule has 8 heteroatoms. The molecule has 1 aromatic carbocycles. The quantitative estimate of drug-likeness (QED) is 0.840. The van der Waals surface area contributed by atoms with Crippen LogP contribution in [0.4, 0.5) is 4.79 Å². The average Bonchev–Trinajstić information content (AvgIpc) is 2.25. The zero-order valence-electron chi connectivity index (χ0n) is 9.55. The van der Waals surface area contributed by atoms with Crippen LogP contribution in [0.25, 0.3) is 0 Å². The van der Waals surface area contributed by atoms with E-state index in [1.165, 1.54) is 10.8 Å². The summed E-state index contributed by atoms with van der Waals surface area (Å²) in [4.78, 5) is 11.2. The first-order valence-corrected chi connectivity index (χ1v) is 7.39. The summed E-state index contributed by atoms with van der Waals surface area (Å²) in [6, 6.07) is 6.41. The van der Waals surface area contributed by atoms with Crippen LogP contribution < -0.4 is 14.2 Å². The summed E-state index contributed by atoms with van der Waals surface area (Å²) in [7, 11) is 0.680. The summed E-state index contributed by atoms with van der Waals surface area (Å²) in [5, 5.41) is 0. The Morgan fingerprint density at radius 3 is 2.50 bits per heavy atom. The minimum atomic E-state index is -4.17. The number of carbonyl (C=O) groups excluding carboxylic acids is 1. The Morgan fingerprint density at radius 2 is 1.94 bits per heavy atom. The lowest BCUT2D eigenvalue weighted by molar-refractivity contribution is 0.203. The maximum absolute atomic E-state index is 11.2. The van der Waals surface area contributed by atoms with Crippen LogP contribution in [-0.2, 0) is 9.24 Å². The number of rotatable bonds is 5. The molecule has 0 aliphatic carbocycles. The number of hydrogen-bond donors (Lipinski definition) is 1. The second-order valence-electron chi connectivity index (χ2n) is 3.22. The minimum absolute atomic E-state index is 0.115. The topological polar surface area (TPSA) is 81.7 Å². The van der Waals surface area contributed by atoms with Gasteiger partial charge in [-0.25, -0.2) is 9.52 Å². The van der Waals surface area contributed by atoms with E-state index < -0.39 is 15.3 Å². The van der Waals surface area contributed by atoms with Crippen LogP contribution in [0.2, 0.25) is 0 Å². The molecule has 6 nitrogen and oxygen atoms in total. The first-order valence-electron chi connectivity index (χ1n) is 5.08. The van der Waals surface area contributed by atoms with Gasteiger partial charge in [0.15, 0.2) is 11.5 Å². The van der Waals surface area contributed by atoms with E-state index >= 15 is 0 Å². The maximum Gasteiger partial charge on any atom is 0.427 e. The number of ether oxygens (including phenoxy) is 2. The zero-order chi connectivity index (χ0) is 13.6. The molecule has 0 bridgehead atoms. The van der Waals surface area contributed by atoms with Gasteiger partial charge in [0.1, 0.15) is 0 Å². The van der Waals surface area contributed by atoms with Crippen LogP contribution in [0.3, 0.4) is 0 Å². The summed E-state index contributed by atoms with van der Waals surface area (Å²) < 4.78 is 32.8. The smallest absolute Gasteiger partial charge is 0.427 e. The summed E-state index contributed by atoms with van der Waals surface area (Å²) in [5.74, 6) is 0.463. The van der Waals surface area contributed by atoms with Gasteiger partial charge in [-0.1, -0.05) is 19.1 Å². The standard InChI is InChI=1S/C10H12ClNO5S/c1-2-7-16-8-5-3-4-6-9(8)17-10(13)12-18(11,14)15/h3-6H,2,7H2,1H3,(H,12,13). The second kappa shape index (κ2) is 6.46. The van der Waals surface area contributed by atoms with Crippen molar-refractivity contribution < 1.29 is 22.7 Å². The van der Waals surface area contributed by atoms with Gasteiger partial charge in [-0.2, -0.15) is 8.42 Å². The molecule has 0 aliphatic heterocycles. The van der Waals surface area contributed by atoms with E-state index in [1.807, 2.05) is 6.92 Å².